The summed E-state index contributed by atoms with van der Waals surface area (Å²) < 4.78 is 10.7. The van der Waals surface area contributed by atoms with Crippen LogP contribution < -0.4 is 5.43 Å². The van der Waals surface area contributed by atoms with Crippen molar-refractivity contribution < 1.29 is 13.9 Å². The molecular weight excluding hydrogens is 268 g/mol. The van der Waals surface area contributed by atoms with Crippen LogP contribution in [0.1, 0.15) is 10.6 Å². The molecule has 1 aliphatic heterocycles. The summed E-state index contributed by atoms with van der Waals surface area (Å²) in [5.74, 6) is 0.0259. The van der Waals surface area contributed by atoms with Gasteiger partial charge in [-0.25, -0.2) is 5.01 Å². The van der Waals surface area contributed by atoms with Crippen LogP contribution >= 0.6 is 11.6 Å². The molecule has 1 aliphatic rings. The number of halogens is 1. The Morgan fingerprint density at radius 1 is 1.26 bits per heavy atom. The van der Waals surface area contributed by atoms with Crippen molar-refractivity contribution in [2.75, 3.05) is 26.3 Å². The minimum absolute atomic E-state index is 0.255. The summed E-state index contributed by atoms with van der Waals surface area (Å²) in [5.41, 5.74) is 3.45. The largest absolute Gasteiger partial charge is 0.451 e. The first kappa shape index (κ1) is 12.5. The van der Waals surface area contributed by atoms with Crippen LogP contribution in [0.3, 0.4) is 0 Å². The van der Waals surface area contributed by atoms with Gasteiger partial charge in [-0.1, -0.05) is 11.6 Å². The lowest BCUT2D eigenvalue weighted by Gasteiger charge is -2.26. The lowest BCUT2D eigenvalue weighted by Crippen LogP contribution is -2.48. The number of carbonyl (C=O) groups excluding carboxylic acids is 1. The van der Waals surface area contributed by atoms with Gasteiger partial charge in [0, 0.05) is 23.5 Å². The van der Waals surface area contributed by atoms with Crippen molar-refractivity contribution in [3.8, 4) is 0 Å². The summed E-state index contributed by atoms with van der Waals surface area (Å²) in [4.78, 5) is 12.0. The molecule has 0 bridgehead atoms. The molecular formula is C13H13ClN2O3. The summed E-state index contributed by atoms with van der Waals surface area (Å²) >= 11 is 5.90. The van der Waals surface area contributed by atoms with Gasteiger partial charge < -0.3 is 9.15 Å². The fraction of sp³-hybridized carbons (Fsp3) is 0.308. The van der Waals surface area contributed by atoms with E-state index >= 15 is 0 Å². The summed E-state index contributed by atoms with van der Waals surface area (Å²) in [7, 11) is 0. The number of nitrogens with zero attached hydrogens (tertiary/aromatic N) is 1. The fourth-order valence-corrected chi connectivity index (χ4v) is 2.18. The SMILES string of the molecule is O=C(NN1CCOCC1)c1cc2cc(Cl)ccc2o1. The maximum Gasteiger partial charge on any atom is 0.301 e. The van der Waals surface area contributed by atoms with Gasteiger partial charge in [0.25, 0.3) is 0 Å². The second-order valence-corrected chi connectivity index (χ2v) is 4.77. The molecule has 19 heavy (non-hydrogen) atoms. The highest BCUT2D eigenvalue weighted by molar-refractivity contribution is 6.31. The molecule has 3 rings (SSSR count). The van der Waals surface area contributed by atoms with Crippen LogP contribution in [0.15, 0.2) is 28.7 Å². The van der Waals surface area contributed by atoms with Crippen LogP contribution in [0.2, 0.25) is 5.02 Å². The number of hydrazine groups is 1. The molecule has 1 aromatic heterocycles. The zero-order valence-corrected chi connectivity index (χ0v) is 10.9. The van der Waals surface area contributed by atoms with Gasteiger partial charge >= 0.3 is 5.91 Å². The van der Waals surface area contributed by atoms with Gasteiger partial charge in [0.05, 0.1) is 13.2 Å². The Kier molecular flexibility index (Phi) is 3.42. The van der Waals surface area contributed by atoms with Gasteiger partial charge in [-0.05, 0) is 24.3 Å². The summed E-state index contributed by atoms with van der Waals surface area (Å²) in [5, 5.41) is 3.26. The standard InChI is InChI=1S/C13H13ClN2O3/c14-10-1-2-11-9(7-10)8-12(19-11)13(17)15-16-3-5-18-6-4-16/h1-2,7-8H,3-6H2,(H,15,17). The predicted octanol–water partition coefficient (Wildman–Crippen LogP) is 2.06. The first-order valence-corrected chi connectivity index (χ1v) is 6.43. The average Bonchev–Trinajstić information content (AvgIpc) is 2.83. The second kappa shape index (κ2) is 5.21. The van der Waals surface area contributed by atoms with Crippen LogP contribution in [-0.4, -0.2) is 37.2 Å². The van der Waals surface area contributed by atoms with Crippen LogP contribution in [-0.2, 0) is 4.74 Å². The molecule has 0 atom stereocenters. The van der Waals surface area contributed by atoms with Gasteiger partial charge in [0.1, 0.15) is 5.58 Å². The van der Waals surface area contributed by atoms with E-state index in [1.165, 1.54) is 0 Å². The molecule has 1 fully saturated rings. The topological polar surface area (TPSA) is 54.7 Å². The zero-order chi connectivity index (χ0) is 13.2. The monoisotopic (exact) mass is 280 g/mol. The molecule has 2 aromatic rings. The van der Waals surface area contributed by atoms with E-state index in [-0.39, 0.29) is 11.7 Å². The number of ether oxygens (including phenoxy) is 1. The number of carbonyl (C=O) groups is 1. The third-order valence-electron chi connectivity index (χ3n) is 2.97. The van der Waals surface area contributed by atoms with Crippen LogP contribution in [0, 0.1) is 0 Å². The molecule has 0 saturated carbocycles. The lowest BCUT2D eigenvalue weighted by molar-refractivity contribution is 0.0118. The number of nitrogens with one attached hydrogen (secondary N) is 1. The van der Waals surface area contributed by atoms with Crippen LogP contribution in [0.25, 0.3) is 11.0 Å². The normalized spacial score (nSPS) is 16.7. The van der Waals surface area contributed by atoms with E-state index in [1.807, 2.05) is 5.01 Å². The Bertz CT molecular complexity index is 605. The molecule has 1 saturated heterocycles. The number of fused-ring (bicyclic) bond motifs is 1. The van der Waals surface area contributed by atoms with Crippen molar-refractivity contribution in [2.24, 2.45) is 0 Å². The Morgan fingerprint density at radius 3 is 2.84 bits per heavy atom. The number of rotatable bonds is 2. The number of hydrogen-bond donors (Lipinski definition) is 1. The van der Waals surface area contributed by atoms with Gasteiger partial charge in [-0.15, -0.1) is 0 Å². The van der Waals surface area contributed by atoms with Crippen LogP contribution in [0.4, 0.5) is 0 Å². The highest BCUT2D eigenvalue weighted by Crippen LogP contribution is 2.23. The highest BCUT2D eigenvalue weighted by atomic mass is 35.5. The van der Waals surface area contributed by atoms with Gasteiger partial charge in [0.15, 0.2) is 5.76 Å². The van der Waals surface area contributed by atoms with Crippen molar-refractivity contribution in [3.05, 3.63) is 35.0 Å². The summed E-state index contributed by atoms with van der Waals surface area (Å²) in [6.45, 7) is 2.60. The zero-order valence-electron chi connectivity index (χ0n) is 10.2. The molecule has 0 radical (unpaired) electrons. The highest BCUT2D eigenvalue weighted by Gasteiger charge is 2.17. The Hall–Kier alpha value is -1.56. The smallest absolute Gasteiger partial charge is 0.301 e. The number of hydrogen-bond acceptors (Lipinski definition) is 4. The minimum atomic E-state index is -0.255. The third kappa shape index (κ3) is 2.73. The summed E-state index contributed by atoms with van der Waals surface area (Å²) in [6.07, 6.45) is 0. The molecule has 5 nitrogen and oxygen atoms in total. The van der Waals surface area contributed by atoms with E-state index in [9.17, 15) is 4.79 Å². The summed E-state index contributed by atoms with van der Waals surface area (Å²) in [6, 6.07) is 6.95. The number of morpholine rings is 1. The van der Waals surface area contributed by atoms with Gasteiger partial charge in [-0.2, -0.15) is 0 Å². The second-order valence-electron chi connectivity index (χ2n) is 4.33. The van der Waals surface area contributed by atoms with E-state index in [4.69, 9.17) is 20.8 Å². The predicted molar refractivity (Wildman–Crippen MR) is 71.1 cm³/mol. The molecule has 0 unspecified atom stereocenters. The van der Waals surface area contributed by atoms with E-state index in [0.29, 0.717) is 36.9 Å². The molecule has 1 amide bonds. The van der Waals surface area contributed by atoms with Crippen molar-refractivity contribution in [2.45, 2.75) is 0 Å². The van der Waals surface area contributed by atoms with Crippen molar-refractivity contribution >= 4 is 28.5 Å². The van der Waals surface area contributed by atoms with Crippen molar-refractivity contribution in [1.82, 2.24) is 10.4 Å². The molecule has 1 aromatic carbocycles. The van der Waals surface area contributed by atoms with Crippen molar-refractivity contribution in [3.63, 3.8) is 0 Å². The molecule has 6 heteroatoms. The average molecular weight is 281 g/mol. The van der Waals surface area contributed by atoms with Gasteiger partial charge in [0.2, 0.25) is 0 Å². The molecule has 0 spiro atoms. The maximum atomic E-state index is 12.0. The first-order valence-electron chi connectivity index (χ1n) is 6.05. The fourth-order valence-electron chi connectivity index (χ4n) is 2.00. The van der Waals surface area contributed by atoms with E-state index in [1.54, 1.807) is 24.3 Å². The third-order valence-corrected chi connectivity index (χ3v) is 3.21. The molecule has 2 heterocycles. The Labute approximate surface area is 115 Å². The van der Waals surface area contributed by atoms with E-state index in [2.05, 4.69) is 5.43 Å². The first-order chi connectivity index (χ1) is 9.22. The Morgan fingerprint density at radius 2 is 2.05 bits per heavy atom. The molecule has 0 aliphatic carbocycles. The minimum Gasteiger partial charge on any atom is -0.451 e. The number of amides is 1. The van der Waals surface area contributed by atoms with Crippen LogP contribution in [0.5, 0.6) is 0 Å². The van der Waals surface area contributed by atoms with E-state index < -0.39 is 0 Å². The Balaban J connectivity index is 1.77. The molecule has 100 valence electrons. The lowest BCUT2D eigenvalue weighted by atomic mass is 10.2. The maximum absolute atomic E-state index is 12.0. The quantitative estimate of drug-likeness (QED) is 0.915. The van der Waals surface area contributed by atoms with Crippen molar-refractivity contribution in [1.29, 1.82) is 0 Å². The van der Waals surface area contributed by atoms with Gasteiger partial charge in [-0.3, -0.25) is 10.2 Å². The molecule has 1 N–H and O–H groups in total. The number of furan rings is 1. The van der Waals surface area contributed by atoms with E-state index in [0.717, 1.165) is 5.39 Å². The number of benzene rings is 1.